The average Bonchev–Trinajstić information content (AvgIpc) is 3.60. The van der Waals surface area contributed by atoms with Gasteiger partial charge in [-0.1, -0.05) is 345 Å². The normalized spacial score (nSPS) is 13.8. The summed E-state index contributed by atoms with van der Waals surface area (Å²) in [6.07, 6.45) is 112. The highest BCUT2D eigenvalue weighted by Gasteiger charge is 2.26. The third-order valence-electron chi connectivity index (χ3n) is 15.9. The number of esters is 2. The Morgan fingerprint density at radius 1 is 0.323 bits per heavy atom. The number of nitrogens with two attached hydrogens (primary N) is 1. The van der Waals surface area contributed by atoms with Crippen molar-refractivity contribution >= 4 is 19.8 Å². The van der Waals surface area contributed by atoms with E-state index in [1.807, 2.05) is 0 Å². The fourth-order valence-corrected chi connectivity index (χ4v) is 11.2. The summed E-state index contributed by atoms with van der Waals surface area (Å²) in [7, 11) is -4.40. The molecule has 0 saturated heterocycles. The van der Waals surface area contributed by atoms with Crippen LogP contribution in [0.25, 0.3) is 0 Å². The van der Waals surface area contributed by atoms with Gasteiger partial charge in [0.05, 0.1) is 13.2 Å². The molecule has 0 rings (SSSR count). The molecule has 0 heterocycles. The van der Waals surface area contributed by atoms with Gasteiger partial charge in [0, 0.05) is 19.4 Å². The molecular weight excluding hydrogens is 1170 g/mol. The zero-order chi connectivity index (χ0) is 67.2. The molecule has 93 heavy (non-hydrogen) atoms. The monoisotopic (exact) mass is 1310 g/mol. The smallest absolute Gasteiger partial charge is 0.462 e. The molecule has 0 fully saturated rings. The van der Waals surface area contributed by atoms with Gasteiger partial charge in [-0.25, -0.2) is 4.57 Å². The topological polar surface area (TPSA) is 134 Å². The number of hydrogen-bond donors (Lipinski definition) is 2. The SMILES string of the molecule is CC/C=C\C/C=C\C/C=C\C/C=C\C/C=C\C/C=C\C/C=C\CCCCCCCCCCCCCCCCCCCC(=O)OC(COC(=O)CCCCCCCCCCCCCCCC/C=C\C/C=C\C/C=C\C/C=C\C/C=C\C/C=C\CC)COP(=O)(O)OCCN. The van der Waals surface area contributed by atoms with E-state index in [9.17, 15) is 19.0 Å². The number of rotatable bonds is 70. The zero-order valence-electron chi connectivity index (χ0n) is 59.7. The lowest BCUT2D eigenvalue weighted by Gasteiger charge is -2.19. The second-order valence-electron chi connectivity index (χ2n) is 24.8. The summed E-state index contributed by atoms with van der Waals surface area (Å²) in [6.45, 7) is 3.54. The Morgan fingerprint density at radius 2 is 0.559 bits per heavy atom. The predicted octanol–water partition coefficient (Wildman–Crippen LogP) is 25.5. The van der Waals surface area contributed by atoms with E-state index >= 15 is 0 Å². The zero-order valence-corrected chi connectivity index (χ0v) is 60.6. The van der Waals surface area contributed by atoms with Crippen molar-refractivity contribution in [1.82, 2.24) is 0 Å². The number of phosphoric ester groups is 1. The van der Waals surface area contributed by atoms with Crippen molar-refractivity contribution in [1.29, 1.82) is 0 Å². The van der Waals surface area contributed by atoms with Crippen LogP contribution in [0.1, 0.15) is 322 Å². The molecule has 0 bridgehead atoms. The first kappa shape index (κ1) is 88.6. The molecule has 0 saturated carbocycles. The van der Waals surface area contributed by atoms with Crippen LogP contribution in [0.3, 0.4) is 0 Å². The van der Waals surface area contributed by atoms with Crippen molar-refractivity contribution in [2.24, 2.45) is 5.73 Å². The van der Waals surface area contributed by atoms with E-state index in [2.05, 4.69) is 172 Å². The molecule has 0 aliphatic rings. The number of hydrogen-bond acceptors (Lipinski definition) is 8. The molecule has 0 aromatic rings. The number of phosphoric acid groups is 1. The Labute approximate surface area is 572 Å². The predicted molar refractivity (Wildman–Crippen MR) is 403 cm³/mol. The number of ether oxygens (including phenoxy) is 2. The van der Waals surface area contributed by atoms with Crippen LogP contribution in [0.15, 0.2) is 158 Å². The summed E-state index contributed by atoms with van der Waals surface area (Å²) < 4.78 is 33.2. The molecule has 530 valence electrons. The Morgan fingerprint density at radius 3 is 0.828 bits per heavy atom. The minimum atomic E-state index is -4.40. The van der Waals surface area contributed by atoms with E-state index in [1.54, 1.807) is 0 Å². The second-order valence-corrected chi connectivity index (χ2v) is 26.2. The van der Waals surface area contributed by atoms with Gasteiger partial charge in [-0.15, -0.1) is 0 Å². The van der Waals surface area contributed by atoms with E-state index < -0.39 is 26.5 Å². The maximum Gasteiger partial charge on any atom is 0.472 e. The van der Waals surface area contributed by atoms with Crippen molar-refractivity contribution in [3.05, 3.63) is 158 Å². The fraction of sp³-hybridized carbons (Fsp3) is 0.663. The van der Waals surface area contributed by atoms with E-state index in [0.717, 1.165) is 122 Å². The van der Waals surface area contributed by atoms with Gasteiger partial charge >= 0.3 is 19.8 Å². The molecule has 2 atom stereocenters. The lowest BCUT2D eigenvalue weighted by atomic mass is 10.0. The van der Waals surface area contributed by atoms with Gasteiger partial charge in [-0.3, -0.25) is 18.6 Å². The average molecular weight is 1310 g/mol. The van der Waals surface area contributed by atoms with E-state index in [4.69, 9.17) is 24.3 Å². The Balaban J connectivity index is 3.86. The van der Waals surface area contributed by atoms with E-state index in [-0.39, 0.29) is 38.6 Å². The van der Waals surface area contributed by atoms with E-state index in [1.165, 1.54) is 167 Å². The Hall–Kier alpha value is -4.37. The van der Waals surface area contributed by atoms with Crippen molar-refractivity contribution < 1.29 is 37.6 Å². The molecule has 0 aliphatic heterocycles. The standard InChI is InChI=1S/C83H140NO8P/c1-3-5-7-9-11-13-15-17-19-21-23-25-27-29-31-33-35-37-38-39-40-41-42-44-46-48-50-52-54-56-58-60-62-64-66-68-70-72-74-76-83(86)92-81(80-91-93(87,88)90-78-77-84)79-89-82(85)75-73-71-69-67-65-63-61-59-57-55-53-51-49-47-45-43-36-34-32-30-28-26-24-22-20-18-16-14-12-10-8-6-4-2/h5-8,11-14,17-20,23-26,29-32,35-37,39-40,43,81H,3-4,9-10,15-16,21-22,27-28,33-34,38,41-42,44-80,84H2,1-2H3,(H,87,88)/b7-5-,8-6-,13-11-,14-12-,19-17-,20-18-,25-23-,26-24-,31-29-,32-30-,37-35-,40-39-,43-36-. The van der Waals surface area contributed by atoms with Crippen molar-refractivity contribution in [3.8, 4) is 0 Å². The number of unbranched alkanes of at least 4 members (excludes halogenated alkanes) is 31. The lowest BCUT2D eigenvalue weighted by molar-refractivity contribution is -0.161. The summed E-state index contributed by atoms with van der Waals surface area (Å²) >= 11 is 0. The first-order valence-electron chi connectivity index (χ1n) is 38.0. The van der Waals surface area contributed by atoms with Gasteiger partial charge in [0.1, 0.15) is 6.61 Å². The molecule has 0 aromatic heterocycles. The van der Waals surface area contributed by atoms with Crippen molar-refractivity contribution in [3.63, 3.8) is 0 Å². The molecule has 0 aromatic carbocycles. The van der Waals surface area contributed by atoms with Gasteiger partial charge in [-0.05, 0) is 122 Å². The van der Waals surface area contributed by atoms with Gasteiger partial charge in [0.2, 0.25) is 0 Å². The third kappa shape index (κ3) is 76.5. The van der Waals surface area contributed by atoms with Crippen LogP contribution in [-0.2, 0) is 32.7 Å². The second kappa shape index (κ2) is 76.6. The van der Waals surface area contributed by atoms with Crippen molar-refractivity contribution in [2.45, 2.75) is 328 Å². The highest BCUT2D eigenvalue weighted by molar-refractivity contribution is 7.47. The third-order valence-corrected chi connectivity index (χ3v) is 16.9. The van der Waals surface area contributed by atoms with Gasteiger partial charge < -0.3 is 20.1 Å². The summed E-state index contributed by atoms with van der Waals surface area (Å²) in [5, 5.41) is 0. The maximum atomic E-state index is 12.8. The van der Waals surface area contributed by atoms with Crippen LogP contribution in [0, 0.1) is 0 Å². The van der Waals surface area contributed by atoms with Gasteiger partial charge in [0.15, 0.2) is 6.10 Å². The summed E-state index contributed by atoms with van der Waals surface area (Å²) in [6, 6.07) is 0. The van der Waals surface area contributed by atoms with Gasteiger partial charge in [0.25, 0.3) is 0 Å². The Bertz CT molecular complexity index is 2090. The molecule has 0 aliphatic carbocycles. The lowest BCUT2D eigenvalue weighted by Crippen LogP contribution is -2.29. The van der Waals surface area contributed by atoms with E-state index in [0.29, 0.717) is 6.42 Å². The molecule has 0 amide bonds. The number of carbonyl (C=O) groups excluding carboxylic acids is 2. The Kier molecular flexibility index (Phi) is 73.0. The van der Waals surface area contributed by atoms with Crippen LogP contribution >= 0.6 is 7.82 Å². The largest absolute Gasteiger partial charge is 0.472 e. The van der Waals surface area contributed by atoms with Crippen LogP contribution in [-0.4, -0.2) is 49.3 Å². The molecule has 2 unspecified atom stereocenters. The fourth-order valence-electron chi connectivity index (χ4n) is 10.4. The number of allylic oxidation sites excluding steroid dienone is 26. The van der Waals surface area contributed by atoms with Crippen molar-refractivity contribution in [2.75, 3.05) is 26.4 Å². The molecule has 9 nitrogen and oxygen atoms in total. The summed E-state index contributed by atoms with van der Waals surface area (Å²) in [5.41, 5.74) is 5.41. The minimum Gasteiger partial charge on any atom is -0.462 e. The quantitative estimate of drug-likeness (QED) is 0.0264. The first-order chi connectivity index (χ1) is 45.8. The maximum absolute atomic E-state index is 12.8. The molecule has 0 radical (unpaired) electrons. The van der Waals surface area contributed by atoms with Crippen LogP contribution < -0.4 is 5.73 Å². The molecular formula is C83H140NO8P. The number of carbonyl (C=O) groups is 2. The van der Waals surface area contributed by atoms with Crippen LogP contribution in [0.5, 0.6) is 0 Å². The first-order valence-corrected chi connectivity index (χ1v) is 39.5. The van der Waals surface area contributed by atoms with Gasteiger partial charge in [-0.2, -0.15) is 0 Å². The molecule has 0 spiro atoms. The highest BCUT2D eigenvalue weighted by Crippen LogP contribution is 2.43. The van der Waals surface area contributed by atoms with Crippen LogP contribution in [0.2, 0.25) is 0 Å². The highest BCUT2D eigenvalue weighted by atomic mass is 31.2. The molecule has 10 heteroatoms. The summed E-state index contributed by atoms with van der Waals surface area (Å²) in [5.74, 6) is -0.824. The minimum absolute atomic E-state index is 0.0487. The summed E-state index contributed by atoms with van der Waals surface area (Å²) in [4.78, 5) is 35.4. The van der Waals surface area contributed by atoms with Crippen LogP contribution in [0.4, 0.5) is 0 Å². The molecule has 3 N–H and O–H groups in total.